The van der Waals surface area contributed by atoms with Crippen LogP contribution in [0, 0.1) is 0 Å². The molecule has 0 unspecified atom stereocenters. The first-order valence-electron chi connectivity index (χ1n) is 8.36. The first-order valence-corrected chi connectivity index (χ1v) is 9.18. The van der Waals surface area contributed by atoms with Gasteiger partial charge in [0.15, 0.2) is 16.5 Å². The van der Waals surface area contributed by atoms with Crippen LogP contribution in [0.1, 0.15) is 0 Å². The van der Waals surface area contributed by atoms with Gasteiger partial charge in [0.25, 0.3) is 0 Å². The number of benzene rings is 1. The summed E-state index contributed by atoms with van der Waals surface area (Å²) in [5.41, 5.74) is 10.5. The number of aromatic amines is 1. The summed E-state index contributed by atoms with van der Waals surface area (Å²) >= 11 is 1.64. The summed E-state index contributed by atoms with van der Waals surface area (Å²) in [5.74, 6) is 1.11. The first kappa shape index (κ1) is 15.8. The van der Waals surface area contributed by atoms with Crippen molar-refractivity contribution in [1.29, 1.82) is 0 Å². The van der Waals surface area contributed by atoms with Crippen LogP contribution in [0.5, 0.6) is 0 Å². The second-order valence-electron chi connectivity index (χ2n) is 6.44. The maximum Gasteiger partial charge on any atom is 0.185 e. The van der Waals surface area contributed by atoms with Crippen LogP contribution in [-0.4, -0.2) is 34.3 Å². The van der Waals surface area contributed by atoms with Gasteiger partial charge in [-0.15, -0.1) is 0 Å². The van der Waals surface area contributed by atoms with Crippen LogP contribution < -0.4 is 10.6 Å². The molecule has 0 saturated carbocycles. The van der Waals surface area contributed by atoms with Gasteiger partial charge in [0.2, 0.25) is 0 Å². The third-order valence-corrected chi connectivity index (χ3v) is 5.72. The van der Waals surface area contributed by atoms with E-state index in [1.54, 1.807) is 23.7 Å². The molecule has 0 aliphatic rings. The van der Waals surface area contributed by atoms with Crippen molar-refractivity contribution in [2.75, 3.05) is 24.7 Å². The highest BCUT2D eigenvalue weighted by Crippen LogP contribution is 2.40. The highest BCUT2D eigenvalue weighted by molar-refractivity contribution is 7.22. The monoisotopic (exact) mass is 376 g/mol. The van der Waals surface area contributed by atoms with E-state index in [0.717, 1.165) is 43.2 Å². The Hall–Kier alpha value is -3.39. The molecule has 5 rings (SSSR count). The van der Waals surface area contributed by atoms with Crippen LogP contribution in [0.3, 0.4) is 0 Å². The minimum absolute atomic E-state index is 0.369. The lowest BCUT2D eigenvalue weighted by Gasteiger charge is -2.04. The lowest BCUT2D eigenvalue weighted by Crippen LogP contribution is -2.07. The molecule has 7 nitrogen and oxygen atoms in total. The van der Waals surface area contributed by atoms with Crippen LogP contribution in [0.2, 0.25) is 0 Å². The number of nitrogens with zero attached hydrogens (tertiary/aromatic N) is 4. The molecular formula is C19H16N6OS. The smallest absolute Gasteiger partial charge is 0.185 e. The molecule has 0 radical (unpaired) electrons. The third kappa shape index (κ3) is 2.45. The fraction of sp³-hybridized carbons (Fsp3) is 0.105. The van der Waals surface area contributed by atoms with Crippen LogP contribution in [-0.2, 0) is 0 Å². The summed E-state index contributed by atoms with van der Waals surface area (Å²) < 4.78 is 7.23. The maximum absolute atomic E-state index is 6.15. The summed E-state index contributed by atoms with van der Waals surface area (Å²) in [5, 5.41) is 8.72. The molecule has 5 aromatic rings. The van der Waals surface area contributed by atoms with Crippen LogP contribution in [0.15, 0.2) is 47.3 Å². The van der Waals surface area contributed by atoms with E-state index in [-0.39, 0.29) is 0 Å². The molecule has 0 bridgehead atoms. The van der Waals surface area contributed by atoms with Gasteiger partial charge in [0.1, 0.15) is 5.76 Å². The number of thiazole rings is 1. The molecule has 0 fully saturated rings. The lowest BCUT2D eigenvalue weighted by molar-refractivity contribution is 0.632. The number of hydrogen-bond donors (Lipinski definition) is 2. The number of nitrogens with one attached hydrogen (secondary N) is 1. The van der Waals surface area contributed by atoms with Crippen LogP contribution in [0.4, 0.5) is 10.9 Å². The largest absolute Gasteiger partial charge is 0.452 e. The Balaban J connectivity index is 1.76. The van der Waals surface area contributed by atoms with E-state index in [2.05, 4.69) is 20.2 Å². The zero-order valence-corrected chi connectivity index (χ0v) is 15.5. The van der Waals surface area contributed by atoms with Gasteiger partial charge >= 0.3 is 0 Å². The molecule has 4 heterocycles. The van der Waals surface area contributed by atoms with Gasteiger partial charge in [0.05, 0.1) is 16.4 Å². The average Bonchev–Trinajstić information content (AvgIpc) is 3.40. The summed E-state index contributed by atoms with van der Waals surface area (Å²) in [6.45, 7) is 0. The van der Waals surface area contributed by atoms with Crippen molar-refractivity contribution in [2.45, 2.75) is 0 Å². The predicted octanol–water partition coefficient (Wildman–Crippen LogP) is 4.14. The Labute approximate surface area is 158 Å². The summed E-state index contributed by atoms with van der Waals surface area (Å²) in [6, 6.07) is 8.05. The Morgan fingerprint density at radius 3 is 2.85 bits per heavy atom. The van der Waals surface area contributed by atoms with Gasteiger partial charge in [-0.3, -0.25) is 5.10 Å². The Kier molecular flexibility index (Phi) is 3.41. The molecule has 8 heteroatoms. The number of rotatable bonds is 3. The number of pyridine rings is 1. The number of H-pyrrole nitrogens is 1. The number of nitrogens with two attached hydrogens (primary N) is 1. The molecule has 1 aromatic carbocycles. The summed E-state index contributed by atoms with van der Waals surface area (Å²) in [4.78, 5) is 11.0. The maximum atomic E-state index is 6.15. The highest BCUT2D eigenvalue weighted by atomic mass is 32.1. The first-order chi connectivity index (χ1) is 13.1. The predicted molar refractivity (Wildman–Crippen MR) is 109 cm³/mol. The number of aromatic nitrogens is 4. The minimum Gasteiger partial charge on any atom is -0.452 e. The molecule has 0 saturated heterocycles. The number of fused-ring (bicyclic) bond motifs is 2. The Morgan fingerprint density at radius 2 is 2.07 bits per heavy atom. The Bertz CT molecular complexity index is 1270. The zero-order chi connectivity index (χ0) is 18.5. The van der Waals surface area contributed by atoms with E-state index >= 15 is 0 Å². The quantitative estimate of drug-likeness (QED) is 0.491. The van der Waals surface area contributed by atoms with Crippen molar-refractivity contribution in [2.24, 2.45) is 0 Å². The van der Waals surface area contributed by atoms with Gasteiger partial charge in [0, 0.05) is 48.6 Å². The second-order valence-corrected chi connectivity index (χ2v) is 7.42. The van der Waals surface area contributed by atoms with Gasteiger partial charge < -0.3 is 15.1 Å². The van der Waals surface area contributed by atoms with Crippen LogP contribution >= 0.6 is 11.3 Å². The topological polar surface area (TPSA) is 96.9 Å². The van der Waals surface area contributed by atoms with Crippen molar-refractivity contribution in [3.63, 3.8) is 0 Å². The zero-order valence-electron chi connectivity index (χ0n) is 14.7. The van der Waals surface area contributed by atoms with E-state index < -0.39 is 0 Å². The van der Waals surface area contributed by atoms with Gasteiger partial charge in [-0.05, 0) is 18.2 Å². The third-order valence-electron chi connectivity index (χ3n) is 4.45. The number of nitrogen functional groups attached to an aromatic ring is 1. The molecule has 0 aliphatic heterocycles. The average molecular weight is 376 g/mol. The second kappa shape index (κ2) is 5.82. The van der Waals surface area contributed by atoms with Crippen molar-refractivity contribution in [3.8, 4) is 22.5 Å². The van der Waals surface area contributed by atoms with Crippen molar-refractivity contribution >= 4 is 43.5 Å². The fourth-order valence-electron chi connectivity index (χ4n) is 3.13. The van der Waals surface area contributed by atoms with E-state index in [1.807, 2.05) is 49.5 Å². The molecule has 0 atom stereocenters. The molecule has 3 N–H and O–H groups in total. The van der Waals surface area contributed by atoms with Crippen molar-refractivity contribution in [1.82, 2.24) is 20.2 Å². The minimum atomic E-state index is 0.369. The summed E-state index contributed by atoms with van der Waals surface area (Å²) in [6.07, 6.45) is 5.33. The molecule has 0 aliphatic carbocycles. The SMILES string of the molecule is CN(C)c1nc2cccc(-c3cc4c(-c5cn[nH]c5)cnc(N)c4o3)c2s1. The normalized spacial score (nSPS) is 11.5. The van der Waals surface area contributed by atoms with Crippen molar-refractivity contribution < 1.29 is 4.42 Å². The molecular weight excluding hydrogens is 360 g/mol. The van der Waals surface area contributed by atoms with E-state index in [1.165, 1.54) is 0 Å². The van der Waals surface area contributed by atoms with E-state index in [0.29, 0.717) is 11.4 Å². The highest BCUT2D eigenvalue weighted by Gasteiger charge is 2.18. The van der Waals surface area contributed by atoms with Gasteiger partial charge in [-0.1, -0.05) is 17.4 Å². The molecule has 0 spiro atoms. The standard InChI is InChI=1S/C19H16N6OS/c1-25(2)19-24-14-5-3-4-11(17(14)27-19)15-6-12-13(10-7-22-23-8-10)9-21-18(20)16(12)26-15/h3-9H,1-2H3,(H2,20,21)(H,22,23). The van der Waals surface area contributed by atoms with Gasteiger partial charge in [-0.25, -0.2) is 9.97 Å². The fourth-order valence-corrected chi connectivity index (χ4v) is 4.13. The lowest BCUT2D eigenvalue weighted by atomic mass is 10.1. The van der Waals surface area contributed by atoms with E-state index in [9.17, 15) is 0 Å². The number of anilines is 2. The van der Waals surface area contributed by atoms with E-state index in [4.69, 9.17) is 10.2 Å². The van der Waals surface area contributed by atoms with Crippen LogP contribution in [0.25, 0.3) is 43.6 Å². The molecule has 0 amide bonds. The van der Waals surface area contributed by atoms with Crippen molar-refractivity contribution in [3.05, 3.63) is 42.9 Å². The Morgan fingerprint density at radius 1 is 1.19 bits per heavy atom. The molecule has 4 aromatic heterocycles. The number of hydrogen-bond acceptors (Lipinski definition) is 7. The molecule has 134 valence electrons. The molecule has 27 heavy (non-hydrogen) atoms. The summed E-state index contributed by atoms with van der Waals surface area (Å²) in [7, 11) is 3.98. The van der Waals surface area contributed by atoms with Gasteiger partial charge in [-0.2, -0.15) is 5.10 Å². The number of furan rings is 1.